The van der Waals surface area contributed by atoms with E-state index in [1.165, 1.54) is 18.2 Å². The van der Waals surface area contributed by atoms with Gasteiger partial charge in [-0.25, -0.2) is 0 Å². The van der Waals surface area contributed by atoms with Crippen LogP contribution in [0.4, 0.5) is 18.9 Å². The molecule has 2 N–H and O–H groups in total. The molecule has 1 aliphatic heterocycles. The lowest BCUT2D eigenvalue weighted by molar-refractivity contribution is -0.153. The summed E-state index contributed by atoms with van der Waals surface area (Å²) in [6.07, 6.45) is -3.10. The zero-order valence-corrected chi connectivity index (χ0v) is 14.5. The lowest BCUT2D eigenvalue weighted by atomic mass is 9.92. The molecular weight excluding hydrogens is 368 g/mol. The maximum atomic E-state index is 12.3. The van der Waals surface area contributed by atoms with Crippen LogP contribution in [-0.4, -0.2) is 31.3 Å². The van der Waals surface area contributed by atoms with Crippen LogP contribution in [0.25, 0.3) is 0 Å². The first-order valence-corrected chi connectivity index (χ1v) is 7.66. The van der Waals surface area contributed by atoms with Crippen LogP contribution in [0.1, 0.15) is 19.8 Å². The van der Waals surface area contributed by atoms with E-state index in [0.29, 0.717) is 12.8 Å². The van der Waals surface area contributed by atoms with E-state index in [9.17, 15) is 18.0 Å². The maximum Gasteiger partial charge on any atom is 0.422 e. The number of anilines is 1. The summed E-state index contributed by atoms with van der Waals surface area (Å²) >= 11 is 5.79. The molecule has 0 unspecified atom stereocenters. The van der Waals surface area contributed by atoms with E-state index < -0.39 is 12.8 Å². The van der Waals surface area contributed by atoms with Crippen molar-refractivity contribution in [3.8, 4) is 5.75 Å². The third kappa shape index (κ3) is 6.37. The van der Waals surface area contributed by atoms with Gasteiger partial charge in [0.05, 0.1) is 5.69 Å². The predicted octanol–water partition coefficient (Wildman–Crippen LogP) is 4.03. The molecule has 1 heterocycles. The number of carbonyl (C=O) groups is 1. The van der Waals surface area contributed by atoms with Crippen LogP contribution in [0, 0.1) is 5.92 Å². The van der Waals surface area contributed by atoms with Gasteiger partial charge in [-0.15, -0.1) is 12.4 Å². The van der Waals surface area contributed by atoms with Crippen molar-refractivity contribution in [1.82, 2.24) is 5.32 Å². The van der Waals surface area contributed by atoms with Crippen molar-refractivity contribution in [3.63, 3.8) is 0 Å². The average Bonchev–Trinajstić information content (AvgIpc) is 2.46. The lowest BCUT2D eigenvalue weighted by Gasteiger charge is -2.27. The number of alkyl halides is 3. The highest BCUT2D eigenvalue weighted by Gasteiger charge is 2.29. The number of nitrogens with one attached hydrogen (secondary N) is 2. The number of amides is 1. The number of hydrogen-bond acceptors (Lipinski definition) is 3. The van der Waals surface area contributed by atoms with Crippen molar-refractivity contribution in [3.05, 3.63) is 23.2 Å². The Morgan fingerprint density at radius 2 is 2.17 bits per heavy atom. The Morgan fingerprint density at radius 1 is 1.46 bits per heavy atom. The average molecular weight is 387 g/mol. The molecule has 9 heteroatoms. The Balaban J connectivity index is 0.00000288. The highest BCUT2D eigenvalue weighted by Crippen LogP contribution is 2.31. The first-order chi connectivity index (χ1) is 10.7. The van der Waals surface area contributed by atoms with Gasteiger partial charge in [-0.05, 0) is 38.4 Å². The summed E-state index contributed by atoms with van der Waals surface area (Å²) in [5, 5.41) is 6.12. The second kappa shape index (κ2) is 8.78. The van der Waals surface area contributed by atoms with E-state index in [4.69, 9.17) is 16.3 Å². The zero-order chi connectivity index (χ0) is 17.0. The fourth-order valence-electron chi connectivity index (χ4n) is 2.48. The van der Waals surface area contributed by atoms with Crippen molar-refractivity contribution in [2.45, 2.75) is 32.0 Å². The Kier molecular flexibility index (Phi) is 7.63. The van der Waals surface area contributed by atoms with Crippen molar-refractivity contribution in [2.24, 2.45) is 5.92 Å². The number of carbonyl (C=O) groups excluding carboxylic acids is 1. The smallest absolute Gasteiger partial charge is 0.422 e. The normalized spacial score (nSPS) is 20.9. The molecule has 0 aromatic heterocycles. The molecule has 1 aromatic carbocycles. The highest BCUT2D eigenvalue weighted by molar-refractivity contribution is 6.30. The van der Waals surface area contributed by atoms with Crippen LogP contribution in [0.3, 0.4) is 0 Å². The molecule has 4 nitrogen and oxygen atoms in total. The molecule has 1 amide bonds. The van der Waals surface area contributed by atoms with Crippen molar-refractivity contribution < 1.29 is 22.7 Å². The van der Waals surface area contributed by atoms with Gasteiger partial charge < -0.3 is 15.4 Å². The first kappa shape index (κ1) is 20.9. The molecule has 136 valence electrons. The molecule has 0 saturated carbocycles. The molecule has 1 aliphatic rings. The van der Waals surface area contributed by atoms with Gasteiger partial charge in [0.15, 0.2) is 6.61 Å². The van der Waals surface area contributed by atoms with Crippen LogP contribution in [0.15, 0.2) is 18.2 Å². The molecule has 0 spiro atoms. The fourth-order valence-corrected chi connectivity index (χ4v) is 2.65. The quantitative estimate of drug-likeness (QED) is 0.821. The Labute approximate surface area is 149 Å². The summed E-state index contributed by atoms with van der Waals surface area (Å²) < 4.78 is 41.7. The van der Waals surface area contributed by atoms with Gasteiger partial charge in [-0.2, -0.15) is 13.2 Å². The van der Waals surface area contributed by atoms with E-state index in [1.807, 2.05) is 6.92 Å². The van der Waals surface area contributed by atoms with Crippen LogP contribution < -0.4 is 15.4 Å². The maximum absolute atomic E-state index is 12.3. The van der Waals surface area contributed by atoms with Crippen molar-refractivity contribution in [2.75, 3.05) is 18.5 Å². The lowest BCUT2D eigenvalue weighted by Crippen LogP contribution is -2.40. The van der Waals surface area contributed by atoms with Crippen LogP contribution in [-0.2, 0) is 4.79 Å². The standard InChI is InChI=1S/C15H18ClF3N2O2.ClH/c1-9-6-10(4-5-20-9)14(22)21-12-3-2-11(16)7-13(12)23-8-15(17,18)19;/h2-3,7,9-10,20H,4-6,8H2,1H3,(H,21,22);1H/t9-,10-;/m0./s1. The molecular formula is C15H19Cl2F3N2O2. The van der Waals surface area contributed by atoms with Crippen molar-refractivity contribution >= 4 is 35.6 Å². The number of hydrogen-bond donors (Lipinski definition) is 2. The topological polar surface area (TPSA) is 50.4 Å². The third-order valence-electron chi connectivity index (χ3n) is 3.59. The number of benzene rings is 1. The van der Waals surface area contributed by atoms with Gasteiger partial charge >= 0.3 is 6.18 Å². The minimum absolute atomic E-state index is 0. The van der Waals surface area contributed by atoms with E-state index in [-0.39, 0.29) is 46.7 Å². The minimum atomic E-state index is -4.46. The van der Waals surface area contributed by atoms with Crippen molar-refractivity contribution in [1.29, 1.82) is 0 Å². The SMILES string of the molecule is C[C@H]1C[C@@H](C(=O)Nc2ccc(Cl)cc2OCC(F)(F)F)CCN1.Cl. The van der Waals surface area contributed by atoms with Gasteiger partial charge in [0, 0.05) is 23.0 Å². The second-order valence-corrected chi connectivity index (χ2v) is 6.05. The van der Waals surface area contributed by atoms with Gasteiger partial charge in [0.25, 0.3) is 0 Å². The summed E-state index contributed by atoms with van der Waals surface area (Å²) in [5.74, 6) is -0.500. The first-order valence-electron chi connectivity index (χ1n) is 7.28. The van der Waals surface area contributed by atoms with Crippen LogP contribution in [0.2, 0.25) is 5.02 Å². The molecule has 0 aliphatic carbocycles. The third-order valence-corrected chi connectivity index (χ3v) is 3.82. The number of ether oxygens (including phenoxy) is 1. The molecule has 0 radical (unpaired) electrons. The molecule has 1 fully saturated rings. The summed E-state index contributed by atoms with van der Waals surface area (Å²) in [7, 11) is 0. The molecule has 24 heavy (non-hydrogen) atoms. The monoisotopic (exact) mass is 386 g/mol. The summed E-state index contributed by atoms with van der Waals surface area (Å²) in [5.41, 5.74) is 0.190. The van der Waals surface area contributed by atoms with Gasteiger partial charge in [0.2, 0.25) is 5.91 Å². The molecule has 2 atom stereocenters. The largest absolute Gasteiger partial charge is 0.482 e. The van der Waals surface area contributed by atoms with E-state index in [1.54, 1.807) is 0 Å². The molecule has 1 aromatic rings. The zero-order valence-electron chi connectivity index (χ0n) is 13.0. The highest BCUT2D eigenvalue weighted by atomic mass is 35.5. The molecule has 0 bridgehead atoms. The van der Waals surface area contributed by atoms with Crippen LogP contribution in [0.5, 0.6) is 5.75 Å². The van der Waals surface area contributed by atoms with Gasteiger partial charge in [0.1, 0.15) is 5.75 Å². The van der Waals surface area contributed by atoms with Gasteiger partial charge in [-0.1, -0.05) is 11.6 Å². The number of rotatable bonds is 4. The predicted molar refractivity (Wildman–Crippen MR) is 89.1 cm³/mol. The van der Waals surface area contributed by atoms with E-state index in [2.05, 4.69) is 10.6 Å². The summed E-state index contributed by atoms with van der Waals surface area (Å²) in [6.45, 7) is 1.28. The Hall–Kier alpha value is -1.18. The van der Waals surface area contributed by atoms with E-state index >= 15 is 0 Å². The Morgan fingerprint density at radius 3 is 2.79 bits per heavy atom. The van der Waals surface area contributed by atoms with Crippen LogP contribution >= 0.6 is 24.0 Å². The van der Waals surface area contributed by atoms with Gasteiger partial charge in [-0.3, -0.25) is 4.79 Å². The number of piperidine rings is 1. The number of halogens is 5. The molecule has 1 saturated heterocycles. The minimum Gasteiger partial charge on any atom is -0.482 e. The molecule has 2 rings (SSSR count). The fraction of sp³-hybridized carbons (Fsp3) is 0.533. The summed E-state index contributed by atoms with van der Waals surface area (Å²) in [4.78, 5) is 12.3. The van der Waals surface area contributed by atoms with E-state index in [0.717, 1.165) is 6.54 Å². The second-order valence-electron chi connectivity index (χ2n) is 5.61. The Bertz CT molecular complexity index is 570. The summed E-state index contributed by atoms with van der Waals surface area (Å²) in [6, 6.07) is 4.42.